The number of hydrogen-bond donors (Lipinski definition) is 1. The van der Waals surface area contributed by atoms with Gasteiger partial charge in [0.15, 0.2) is 5.11 Å². The Hall–Kier alpha value is -1.92. The van der Waals surface area contributed by atoms with E-state index in [1.165, 1.54) is 18.1 Å². The second-order valence-electron chi connectivity index (χ2n) is 4.11. The monoisotopic (exact) mass is 326 g/mol. The van der Waals surface area contributed by atoms with Crippen LogP contribution in [0.25, 0.3) is 6.08 Å². The summed E-state index contributed by atoms with van der Waals surface area (Å²) in [4.78, 5) is 24.2. The number of ether oxygens (including phenoxy) is 1. The molecular weight excluding hydrogens is 312 g/mol. The standard InChI is InChI=1S/C14H15ClN2O3S/c1-17(9-13(19)20-2)14(21)16-12(18)8-5-10-3-6-11(15)7-4-10/h3-8H,9H2,1-2H3,(H,16,18,21)/b8-5+. The van der Waals surface area contributed by atoms with E-state index in [1.54, 1.807) is 37.4 Å². The van der Waals surface area contributed by atoms with E-state index in [2.05, 4.69) is 10.1 Å². The first-order chi connectivity index (χ1) is 9.92. The first kappa shape index (κ1) is 17.1. The zero-order valence-electron chi connectivity index (χ0n) is 11.6. The smallest absolute Gasteiger partial charge is 0.325 e. The first-order valence-electron chi connectivity index (χ1n) is 5.99. The van der Waals surface area contributed by atoms with E-state index < -0.39 is 5.97 Å². The minimum Gasteiger partial charge on any atom is -0.468 e. The van der Waals surface area contributed by atoms with Crippen molar-refractivity contribution < 1.29 is 14.3 Å². The molecule has 0 spiro atoms. The van der Waals surface area contributed by atoms with Crippen LogP contribution in [0.3, 0.4) is 0 Å². The van der Waals surface area contributed by atoms with Gasteiger partial charge in [0.2, 0.25) is 5.91 Å². The third-order valence-electron chi connectivity index (χ3n) is 2.47. The molecule has 0 aliphatic heterocycles. The molecule has 1 amide bonds. The van der Waals surface area contributed by atoms with Gasteiger partial charge in [-0.1, -0.05) is 23.7 Å². The summed E-state index contributed by atoms with van der Waals surface area (Å²) in [7, 11) is 2.87. The van der Waals surface area contributed by atoms with Gasteiger partial charge in [0.1, 0.15) is 6.54 Å². The Bertz CT molecular complexity index is 558. The molecule has 0 unspecified atom stereocenters. The fraction of sp³-hybridized carbons (Fsp3) is 0.214. The van der Waals surface area contributed by atoms with Crippen LogP contribution in [0.4, 0.5) is 0 Å². The molecule has 7 heteroatoms. The van der Waals surface area contributed by atoms with E-state index in [-0.39, 0.29) is 17.6 Å². The number of halogens is 1. The average Bonchev–Trinajstić information content (AvgIpc) is 2.46. The fourth-order valence-electron chi connectivity index (χ4n) is 1.32. The molecule has 0 bridgehead atoms. The summed E-state index contributed by atoms with van der Waals surface area (Å²) in [5, 5.41) is 3.26. The van der Waals surface area contributed by atoms with Gasteiger partial charge in [-0.05, 0) is 36.0 Å². The quantitative estimate of drug-likeness (QED) is 0.520. The lowest BCUT2D eigenvalue weighted by Gasteiger charge is -2.18. The molecule has 0 heterocycles. The van der Waals surface area contributed by atoms with E-state index in [9.17, 15) is 9.59 Å². The van der Waals surface area contributed by atoms with Gasteiger partial charge in [-0.25, -0.2) is 0 Å². The molecule has 0 saturated carbocycles. The van der Waals surface area contributed by atoms with Gasteiger partial charge >= 0.3 is 5.97 Å². The van der Waals surface area contributed by atoms with E-state index >= 15 is 0 Å². The lowest BCUT2D eigenvalue weighted by Crippen LogP contribution is -2.42. The van der Waals surface area contributed by atoms with E-state index in [1.807, 2.05) is 0 Å². The van der Waals surface area contributed by atoms with Crippen molar-refractivity contribution in [1.29, 1.82) is 0 Å². The molecule has 112 valence electrons. The van der Waals surface area contributed by atoms with Crippen molar-refractivity contribution in [1.82, 2.24) is 10.2 Å². The Morgan fingerprint density at radius 2 is 2.00 bits per heavy atom. The zero-order chi connectivity index (χ0) is 15.8. The Balaban J connectivity index is 2.51. The van der Waals surface area contributed by atoms with Crippen LogP contribution in [-0.4, -0.2) is 42.6 Å². The molecule has 1 aromatic carbocycles. The van der Waals surface area contributed by atoms with E-state index in [0.29, 0.717) is 5.02 Å². The van der Waals surface area contributed by atoms with Crippen molar-refractivity contribution in [2.45, 2.75) is 0 Å². The summed E-state index contributed by atoms with van der Waals surface area (Å²) >= 11 is 10.8. The summed E-state index contributed by atoms with van der Waals surface area (Å²) in [5.41, 5.74) is 0.836. The highest BCUT2D eigenvalue weighted by Gasteiger charge is 2.11. The number of carbonyl (C=O) groups excluding carboxylic acids is 2. The van der Waals surface area contributed by atoms with Crippen LogP contribution >= 0.6 is 23.8 Å². The number of amides is 1. The molecule has 0 aromatic heterocycles. The van der Waals surface area contributed by atoms with Crippen LogP contribution in [0.1, 0.15) is 5.56 Å². The van der Waals surface area contributed by atoms with Gasteiger partial charge in [-0.2, -0.15) is 0 Å². The van der Waals surface area contributed by atoms with Crippen molar-refractivity contribution in [3.05, 3.63) is 40.9 Å². The van der Waals surface area contributed by atoms with Gasteiger partial charge in [0.25, 0.3) is 0 Å². The summed E-state index contributed by atoms with van der Waals surface area (Å²) in [6.07, 6.45) is 2.98. The lowest BCUT2D eigenvalue weighted by molar-refractivity contribution is -0.140. The van der Waals surface area contributed by atoms with Crippen LogP contribution in [0.5, 0.6) is 0 Å². The third-order valence-corrected chi connectivity index (χ3v) is 3.13. The Morgan fingerprint density at radius 3 is 2.57 bits per heavy atom. The van der Waals surface area contributed by atoms with Crippen molar-refractivity contribution in [3.63, 3.8) is 0 Å². The number of thiocarbonyl (C=S) groups is 1. The van der Waals surface area contributed by atoms with Gasteiger partial charge in [0.05, 0.1) is 7.11 Å². The van der Waals surface area contributed by atoms with Crippen LogP contribution < -0.4 is 5.32 Å². The van der Waals surface area contributed by atoms with Gasteiger partial charge in [-0.15, -0.1) is 0 Å². The van der Waals surface area contributed by atoms with Gasteiger partial charge in [-0.3, -0.25) is 14.9 Å². The van der Waals surface area contributed by atoms with E-state index in [4.69, 9.17) is 23.8 Å². The number of nitrogens with zero attached hydrogens (tertiary/aromatic N) is 1. The molecular formula is C14H15ClN2O3S. The lowest BCUT2D eigenvalue weighted by atomic mass is 10.2. The second-order valence-corrected chi connectivity index (χ2v) is 4.93. The molecule has 0 saturated heterocycles. The van der Waals surface area contributed by atoms with Crippen LogP contribution in [-0.2, 0) is 14.3 Å². The number of esters is 1. The molecule has 1 aromatic rings. The van der Waals surface area contributed by atoms with E-state index in [0.717, 1.165) is 5.56 Å². The minimum atomic E-state index is -0.439. The molecule has 5 nitrogen and oxygen atoms in total. The minimum absolute atomic E-state index is 0.0312. The average molecular weight is 327 g/mol. The number of nitrogens with one attached hydrogen (secondary N) is 1. The number of carbonyl (C=O) groups is 2. The summed E-state index contributed by atoms with van der Waals surface area (Å²) in [6.45, 7) is -0.0312. The first-order valence-corrected chi connectivity index (χ1v) is 6.77. The summed E-state index contributed by atoms with van der Waals surface area (Å²) < 4.78 is 4.51. The summed E-state index contributed by atoms with van der Waals surface area (Å²) in [6, 6.07) is 7.03. The Morgan fingerprint density at radius 1 is 1.38 bits per heavy atom. The zero-order valence-corrected chi connectivity index (χ0v) is 13.2. The van der Waals surface area contributed by atoms with Crippen molar-refractivity contribution in [2.75, 3.05) is 20.7 Å². The molecule has 0 atom stereocenters. The molecule has 0 radical (unpaired) electrons. The van der Waals surface area contributed by atoms with Gasteiger partial charge in [0, 0.05) is 18.1 Å². The van der Waals surface area contributed by atoms with Crippen molar-refractivity contribution >= 4 is 46.9 Å². The van der Waals surface area contributed by atoms with Crippen molar-refractivity contribution in [3.8, 4) is 0 Å². The number of likely N-dealkylation sites (N-methyl/N-ethyl adjacent to an activating group) is 1. The fourth-order valence-corrected chi connectivity index (χ4v) is 1.61. The highest BCUT2D eigenvalue weighted by Crippen LogP contribution is 2.10. The Labute approximate surface area is 133 Å². The number of benzene rings is 1. The third kappa shape index (κ3) is 6.37. The maximum absolute atomic E-state index is 11.7. The van der Waals surface area contributed by atoms with Crippen LogP contribution in [0, 0.1) is 0 Å². The Kier molecular flexibility index (Phi) is 6.84. The highest BCUT2D eigenvalue weighted by molar-refractivity contribution is 7.80. The molecule has 0 fully saturated rings. The number of hydrogen-bond acceptors (Lipinski definition) is 4. The molecule has 21 heavy (non-hydrogen) atoms. The normalized spacial score (nSPS) is 10.2. The largest absolute Gasteiger partial charge is 0.468 e. The van der Waals surface area contributed by atoms with Gasteiger partial charge < -0.3 is 9.64 Å². The molecule has 1 N–H and O–H groups in total. The maximum atomic E-state index is 11.7. The van der Waals surface area contributed by atoms with Crippen molar-refractivity contribution in [2.24, 2.45) is 0 Å². The molecule has 1 rings (SSSR count). The topological polar surface area (TPSA) is 58.6 Å². The molecule has 0 aliphatic rings. The molecule has 0 aliphatic carbocycles. The predicted molar refractivity (Wildman–Crippen MR) is 85.9 cm³/mol. The predicted octanol–water partition coefficient (Wildman–Crippen LogP) is 1.86. The maximum Gasteiger partial charge on any atom is 0.325 e. The highest BCUT2D eigenvalue weighted by atomic mass is 35.5. The SMILES string of the molecule is COC(=O)CN(C)C(=S)NC(=O)/C=C/c1ccc(Cl)cc1. The van der Waals surface area contributed by atoms with Crippen LogP contribution in [0.15, 0.2) is 30.3 Å². The number of rotatable bonds is 4. The van der Waals surface area contributed by atoms with Crippen LogP contribution in [0.2, 0.25) is 5.02 Å². The second kappa shape index (κ2) is 8.39. The summed E-state index contributed by atoms with van der Waals surface area (Å²) in [5.74, 6) is -0.822. The number of methoxy groups -OCH3 is 1.